The maximum absolute atomic E-state index is 13.3. The lowest BCUT2D eigenvalue weighted by Crippen LogP contribution is -1.95. The zero-order chi connectivity index (χ0) is 16.0. The topological polar surface area (TPSA) is 49.9 Å². The highest BCUT2D eigenvalue weighted by atomic mass is 79.9. The molecule has 1 aromatic heterocycles. The summed E-state index contributed by atoms with van der Waals surface area (Å²) in [7, 11) is 1.64. The lowest BCUT2D eigenvalue weighted by molar-refractivity contribution is 0.412. The molecule has 0 saturated heterocycles. The minimum Gasteiger partial charge on any atom is -0.496 e. The van der Waals surface area contributed by atoms with Crippen LogP contribution in [0.2, 0.25) is 0 Å². The van der Waals surface area contributed by atoms with Crippen molar-refractivity contribution in [3.63, 3.8) is 0 Å². The summed E-state index contributed by atoms with van der Waals surface area (Å²) < 4.78 is 19.6. The molecule has 1 heterocycles. The first-order valence-corrected chi connectivity index (χ1v) is 7.91. The van der Waals surface area contributed by atoms with Gasteiger partial charge in [0.2, 0.25) is 0 Å². The number of benzene rings is 2. The van der Waals surface area contributed by atoms with Crippen molar-refractivity contribution in [1.82, 2.24) is 10.2 Å². The van der Waals surface area contributed by atoms with E-state index in [1.54, 1.807) is 13.2 Å². The largest absolute Gasteiger partial charge is 0.496 e. The molecule has 0 radical (unpaired) electrons. The summed E-state index contributed by atoms with van der Waals surface area (Å²) in [4.78, 5) is 0. The molecule has 0 spiro atoms. The van der Waals surface area contributed by atoms with Gasteiger partial charge in [0.15, 0.2) is 0 Å². The number of halogens is 2. The van der Waals surface area contributed by atoms with E-state index in [1.807, 2.05) is 12.1 Å². The molecule has 0 atom stereocenters. The Morgan fingerprint density at radius 2 is 2.17 bits per heavy atom. The smallest absolute Gasteiger partial charge is 0.133 e. The molecule has 1 aliphatic carbocycles. The van der Waals surface area contributed by atoms with E-state index in [0.29, 0.717) is 5.69 Å². The van der Waals surface area contributed by atoms with E-state index in [4.69, 9.17) is 4.74 Å². The fourth-order valence-electron chi connectivity index (χ4n) is 2.88. The van der Waals surface area contributed by atoms with E-state index in [1.165, 1.54) is 17.7 Å². The van der Waals surface area contributed by atoms with Crippen molar-refractivity contribution < 1.29 is 9.13 Å². The van der Waals surface area contributed by atoms with Crippen molar-refractivity contribution >= 4 is 27.4 Å². The quantitative estimate of drug-likeness (QED) is 0.550. The van der Waals surface area contributed by atoms with Crippen molar-refractivity contribution in [1.29, 1.82) is 0 Å². The molecule has 4 rings (SSSR count). The van der Waals surface area contributed by atoms with Crippen LogP contribution < -0.4 is 10.1 Å². The second kappa shape index (κ2) is 5.38. The van der Waals surface area contributed by atoms with E-state index >= 15 is 0 Å². The molecule has 0 fully saturated rings. The fourth-order valence-corrected chi connectivity index (χ4v) is 3.43. The number of rotatable bonds is 3. The van der Waals surface area contributed by atoms with Crippen molar-refractivity contribution in [3.8, 4) is 17.0 Å². The molecule has 6 heteroatoms. The Hall–Kier alpha value is -2.34. The number of fused-ring (bicyclic) bond motifs is 3. The maximum atomic E-state index is 13.3. The van der Waals surface area contributed by atoms with Crippen molar-refractivity contribution in [2.45, 2.75) is 6.42 Å². The van der Waals surface area contributed by atoms with Gasteiger partial charge in [-0.2, -0.15) is 5.10 Å². The van der Waals surface area contributed by atoms with Gasteiger partial charge in [-0.3, -0.25) is 5.10 Å². The van der Waals surface area contributed by atoms with Gasteiger partial charge in [-0.15, -0.1) is 0 Å². The molecule has 3 aromatic rings. The van der Waals surface area contributed by atoms with Gasteiger partial charge in [0.1, 0.15) is 17.4 Å². The zero-order valence-electron chi connectivity index (χ0n) is 12.3. The summed E-state index contributed by atoms with van der Waals surface area (Å²) in [5.74, 6) is 1.29. The van der Waals surface area contributed by atoms with Gasteiger partial charge in [0.05, 0.1) is 17.3 Å². The van der Waals surface area contributed by atoms with E-state index in [-0.39, 0.29) is 5.82 Å². The molecule has 1 aliphatic rings. The van der Waals surface area contributed by atoms with Gasteiger partial charge in [0.25, 0.3) is 0 Å². The molecule has 2 aromatic carbocycles. The van der Waals surface area contributed by atoms with Crippen molar-refractivity contribution in [2.75, 3.05) is 12.4 Å². The summed E-state index contributed by atoms with van der Waals surface area (Å²) in [5.41, 5.74) is 4.91. The number of nitrogens with one attached hydrogen (secondary N) is 2. The summed E-state index contributed by atoms with van der Waals surface area (Å²) in [6.45, 7) is 0. The van der Waals surface area contributed by atoms with Crippen LogP contribution in [0.4, 0.5) is 15.9 Å². The molecular formula is C17H13BrFN3O. The Labute approximate surface area is 140 Å². The number of ether oxygens (including phenoxy) is 1. The van der Waals surface area contributed by atoms with Gasteiger partial charge >= 0.3 is 0 Å². The third-order valence-corrected chi connectivity index (χ3v) is 4.58. The monoisotopic (exact) mass is 373 g/mol. The number of hydrogen-bond acceptors (Lipinski definition) is 3. The minimum atomic E-state index is -0.275. The predicted octanol–water partition coefficient (Wildman–Crippen LogP) is 4.63. The highest BCUT2D eigenvalue weighted by Gasteiger charge is 2.26. The van der Waals surface area contributed by atoms with Crippen molar-refractivity contribution in [3.05, 3.63) is 57.8 Å². The van der Waals surface area contributed by atoms with Gasteiger partial charge in [-0.1, -0.05) is 6.07 Å². The Balaban J connectivity index is 1.72. The second-order valence-corrected chi connectivity index (χ2v) is 6.24. The predicted molar refractivity (Wildman–Crippen MR) is 90.8 cm³/mol. The van der Waals surface area contributed by atoms with Crippen LogP contribution in [0.1, 0.15) is 11.1 Å². The maximum Gasteiger partial charge on any atom is 0.133 e. The molecule has 2 N–H and O–H groups in total. The normalized spacial score (nSPS) is 12.0. The summed E-state index contributed by atoms with van der Waals surface area (Å²) in [6.07, 6.45) is 0.765. The lowest BCUT2D eigenvalue weighted by Gasteiger charge is -2.07. The van der Waals surface area contributed by atoms with Crippen LogP contribution >= 0.6 is 15.9 Å². The van der Waals surface area contributed by atoms with Gasteiger partial charge in [0, 0.05) is 23.2 Å². The molecule has 0 unspecified atom stereocenters. The molecule has 4 nitrogen and oxygen atoms in total. The molecule has 0 amide bonds. The highest BCUT2D eigenvalue weighted by molar-refractivity contribution is 9.10. The number of anilines is 2. The van der Waals surface area contributed by atoms with Gasteiger partial charge < -0.3 is 10.1 Å². The van der Waals surface area contributed by atoms with Gasteiger partial charge in [-0.25, -0.2) is 4.39 Å². The lowest BCUT2D eigenvalue weighted by atomic mass is 10.1. The average Bonchev–Trinajstić information content (AvgIpc) is 3.06. The molecule has 0 bridgehead atoms. The highest BCUT2D eigenvalue weighted by Crippen LogP contribution is 2.43. The van der Waals surface area contributed by atoms with Crippen LogP contribution in [-0.2, 0) is 6.42 Å². The third-order valence-electron chi connectivity index (χ3n) is 3.96. The SMILES string of the molecule is COc1cc2c(cc1Br)Cc1c-2n[nH]c1Nc1cccc(F)c1. The number of aromatic amines is 1. The fraction of sp³-hybridized carbons (Fsp3) is 0.118. The number of methoxy groups -OCH3 is 1. The first kappa shape index (κ1) is 14.3. The Morgan fingerprint density at radius 1 is 1.30 bits per heavy atom. The Bertz CT molecular complexity index is 907. The minimum absolute atomic E-state index is 0.275. The Kier molecular flexibility index (Phi) is 3.34. The standard InChI is InChI=1S/C17H13BrFN3O/c1-23-15-8-12-9(6-14(15)18)5-13-16(12)21-22-17(13)20-11-4-2-3-10(19)7-11/h2-4,6-8H,5H2,1H3,(H2,20,21,22). The first-order valence-electron chi connectivity index (χ1n) is 7.12. The van der Waals surface area contributed by atoms with E-state index < -0.39 is 0 Å². The summed E-state index contributed by atoms with van der Waals surface area (Å²) >= 11 is 3.51. The summed E-state index contributed by atoms with van der Waals surface area (Å²) in [6, 6.07) is 10.4. The average molecular weight is 374 g/mol. The van der Waals surface area contributed by atoms with E-state index in [2.05, 4.69) is 37.5 Å². The zero-order valence-corrected chi connectivity index (χ0v) is 13.9. The molecule has 0 saturated carbocycles. The van der Waals surface area contributed by atoms with Crippen LogP contribution in [0.15, 0.2) is 40.9 Å². The molecule has 23 heavy (non-hydrogen) atoms. The third kappa shape index (κ3) is 2.39. The number of aromatic nitrogens is 2. The molecular weight excluding hydrogens is 361 g/mol. The molecule has 0 aliphatic heterocycles. The Morgan fingerprint density at radius 3 is 2.96 bits per heavy atom. The van der Waals surface area contributed by atoms with Crippen LogP contribution in [0, 0.1) is 5.82 Å². The van der Waals surface area contributed by atoms with Crippen LogP contribution in [0.3, 0.4) is 0 Å². The van der Waals surface area contributed by atoms with Crippen LogP contribution in [0.25, 0.3) is 11.3 Å². The van der Waals surface area contributed by atoms with E-state index in [0.717, 1.165) is 39.3 Å². The number of H-pyrrole nitrogens is 1. The summed E-state index contributed by atoms with van der Waals surface area (Å²) in [5, 5.41) is 10.6. The second-order valence-electron chi connectivity index (χ2n) is 5.38. The van der Waals surface area contributed by atoms with Crippen LogP contribution in [-0.4, -0.2) is 17.3 Å². The van der Waals surface area contributed by atoms with E-state index in [9.17, 15) is 4.39 Å². The van der Waals surface area contributed by atoms with Gasteiger partial charge in [-0.05, 0) is 51.8 Å². The van der Waals surface area contributed by atoms with Crippen LogP contribution in [0.5, 0.6) is 5.75 Å². The molecule has 116 valence electrons. The number of hydrogen-bond donors (Lipinski definition) is 2. The first-order chi connectivity index (χ1) is 11.2. The van der Waals surface area contributed by atoms with Crippen molar-refractivity contribution in [2.24, 2.45) is 0 Å². The number of nitrogens with zero attached hydrogens (tertiary/aromatic N) is 1.